The molecule has 1 aromatic carbocycles. The van der Waals surface area contributed by atoms with Crippen LogP contribution in [0.15, 0.2) is 36.7 Å². The van der Waals surface area contributed by atoms with Crippen molar-refractivity contribution < 1.29 is 9.53 Å². The van der Waals surface area contributed by atoms with Crippen LogP contribution in [0, 0.1) is 17.3 Å². The third-order valence-corrected chi connectivity index (χ3v) is 7.97. The van der Waals surface area contributed by atoms with E-state index in [9.17, 15) is 4.79 Å². The van der Waals surface area contributed by atoms with Crippen molar-refractivity contribution in [1.82, 2.24) is 14.9 Å². The molecular formula is C30H44N4O2. The van der Waals surface area contributed by atoms with E-state index in [4.69, 9.17) is 4.74 Å². The lowest BCUT2D eigenvalue weighted by atomic mass is 9.80. The summed E-state index contributed by atoms with van der Waals surface area (Å²) in [7, 11) is 0. The van der Waals surface area contributed by atoms with E-state index in [0.29, 0.717) is 6.42 Å². The van der Waals surface area contributed by atoms with Gasteiger partial charge in [-0.3, -0.25) is 4.79 Å². The van der Waals surface area contributed by atoms with E-state index in [1.54, 1.807) is 0 Å². The molecule has 0 spiro atoms. The van der Waals surface area contributed by atoms with E-state index >= 15 is 0 Å². The first kappa shape index (κ1) is 26.4. The van der Waals surface area contributed by atoms with Crippen molar-refractivity contribution in [1.29, 1.82) is 0 Å². The molecule has 0 bridgehead atoms. The zero-order valence-corrected chi connectivity index (χ0v) is 22.7. The molecule has 36 heavy (non-hydrogen) atoms. The fourth-order valence-electron chi connectivity index (χ4n) is 5.73. The third kappa shape index (κ3) is 6.98. The Kier molecular flexibility index (Phi) is 8.86. The quantitative estimate of drug-likeness (QED) is 0.385. The highest BCUT2D eigenvalue weighted by molar-refractivity contribution is 5.79. The van der Waals surface area contributed by atoms with Crippen molar-refractivity contribution in [2.45, 2.75) is 72.6 Å². The van der Waals surface area contributed by atoms with Crippen molar-refractivity contribution in [3.63, 3.8) is 0 Å². The molecule has 0 aliphatic carbocycles. The molecule has 1 atom stereocenters. The van der Waals surface area contributed by atoms with Crippen LogP contribution in [-0.4, -0.2) is 53.6 Å². The summed E-state index contributed by atoms with van der Waals surface area (Å²) in [6.45, 7) is 13.4. The Morgan fingerprint density at radius 1 is 1.06 bits per heavy atom. The number of rotatable bonds is 11. The molecule has 2 fully saturated rings. The average molecular weight is 493 g/mol. The first-order valence-electron chi connectivity index (χ1n) is 13.9. The number of aryl methyl sites for hydroxylation is 1. The molecule has 2 aromatic rings. The molecule has 1 amide bonds. The average Bonchev–Trinajstić information content (AvgIpc) is 2.88. The van der Waals surface area contributed by atoms with Crippen LogP contribution in [-0.2, 0) is 17.6 Å². The Balaban J connectivity index is 1.14. The van der Waals surface area contributed by atoms with E-state index in [1.807, 2.05) is 41.6 Å². The first-order chi connectivity index (χ1) is 17.4. The van der Waals surface area contributed by atoms with Gasteiger partial charge in [-0.2, -0.15) is 0 Å². The van der Waals surface area contributed by atoms with Gasteiger partial charge in [0.2, 0.25) is 11.9 Å². The number of amides is 1. The molecule has 6 nitrogen and oxygen atoms in total. The van der Waals surface area contributed by atoms with E-state index in [-0.39, 0.29) is 11.3 Å². The van der Waals surface area contributed by atoms with Crippen molar-refractivity contribution in [2.24, 2.45) is 17.3 Å². The monoisotopic (exact) mass is 492 g/mol. The van der Waals surface area contributed by atoms with Crippen LogP contribution < -0.4 is 9.64 Å². The molecule has 4 rings (SSSR count). The third-order valence-electron chi connectivity index (χ3n) is 7.97. The van der Waals surface area contributed by atoms with Gasteiger partial charge in [0.15, 0.2) is 0 Å². The van der Waals surface area contributed by atoms with Gasteiger partial charge < -0.3 is 14.5 Å². The lowest BCUT2D eigenvalue weighted by Crippen LogP contribution is -2.55. The Morgan fingerprint density at radius 3 is 2.31 bits per heavy atom. The summed E-state index contributed by atoms with van der Waals surface area (Å²) in [5.74, 6) is 3.52. The van der Waals surface area contributed by atoms with E-state index in [0.717, 1.165) is 74.7 Å². The van der Waals surface area contributed by atoms with Gasteiger partial charge in [0, 0.05) is 38.6 Å². The van der Waals surface area contributed by atoms with Gasteiger partial charge in [0.05, 0.1) is 13.0 Å². The number of hydrogen-bond donors (Lipinski definition) is 0. The largest absolute Gasteiger partial charge is 0.494 e. The Bertz CT molecular complexity index is 957. The second-order valence-electron chi connectivity index (χ2n) is 11.5. The number of likely N-dealkylation sites (tertiary alicyclic amines) is 1. The number of anilines is 1. The lowest BCUT2D eigenvalue weighted by molar-refractivity contribution is -0.140. The van der Waals surface area contributed by atoms with Crippen LogP contribution in [0.1, 0.15) is 70.9 Å². The number of hydrogen-bond acceptors (Lipinski definition) is 5. The summed E-state index contributed by atoms with van der Waals surface area (Å²) in [4.78, 5) is 25.8. The van der Waals surface area contributed by atoms with Crippen LogP contribution >= 0.6 is 0 Å². The van der Waals surface area contributed by atoms with Gasteiger partial charge in [-0.15, -0.1) is 0 Å². The van der Waals surface area contributed by atoms with E-state index in [2.05, 4.69) is 42.6 Å². The predicted molar refractivity (Wildman–Crippen MR) is 145 cm³/mol. The van der Waals surface area contributed by atoms with Crippen LogP contribution in [0.25, 0.3) is 0 Å². The summed E-state index contributed by atoms with van der Waals surface area (Å²) in [5.41, 5.74) is 2.53. The Hall–Kier alpha value is -2.63. The summed E-state index contributed by atoms with van der Waals surface area (Å²) in [6, 6.07) is 8.07. The minimum atomic E-state index is 0.223. The van der Waals surface area contributed by atoms with Gasteiger partial charge in [0.25, 0.3) is 0 Å². The maximum absolute atomic E-state index is 12.4. The summed E-state index contributed by atoms with van der Waals surface area (Å²) >= 11 is 0. The molecule has 196 valence electrons. The van der Waals surface area contributed by atoms with Gasteiger partial charge in [-0.05, 0) is 72.6 Å². The van der Waals surface area contributed by atoms with Crippen molar-refractivity contribution >= 4 is 11.9 Å². The van der Waals surface area contributed by atoms with Gasteiger partial charge in [0.1, 0.15) is 5.75 Å². The highest BCUT2D eigenvalue weighted by Crippen LogP contribution is 2.32. The zero-order valence-electron chi connectivity index (χ0n) is 22.7. The van der Waals surface area contributed by atoms with Crippen molar-refractivity contribution in [2.75, 3.05) is 37.7 Å². The highest BCUT2D eigenvalue weighted by Gasteiger charge is 2.36. The van der Waals surface area contributed by atoms with Crippen molar-refractivity contribution in [3.05, 3.63) is 47.8 Å². The zero-order chi connectivity index (χ0) is 25.5. The van der Waals surface area contributed by atoms with E-state index < -0.39 is 0 Å². The Morgan fingerprint density at radius 2 is 1.72 bits per heavy atom. The Labute approximate surface area is 217 Å². The topological polar surface area (TPSA) is 58.6 Å². The molecule has 0 radical (unpaired) electrons. The maximum Gasteiger partial charge on any atom is 0.227 e. The SMILES string of the molecule is CCc1cnc(N2CCC([C@@H](CC)CCCOc3ccc(CC(=O)N4CC(C)(C)C4)cc3)CC2)nc1. The smallest absolute Gasteiger partial charge is 0.227 e. The summed E-state index contributed by atoms with van der Waals surface area (Å²) in [6.07, 6.45) is 11.3. The number of aromatic nitrogens is 2. The van der Waals surface area contributed by atoms with Crippen LogP contribution in [0.2, 0.25) is 0 Å². The molecular weight excluding hydrogens is 448 g/mol. The summed E-state index contributed by atoms with van der Waals surface area (Å²) < 4.78 is 6.03. The van der Waals surface area contributed by atoms with E-state index in [1.165, 1.54) is 31.2 Å². The molecule has 3 heterocycles. The fourth-order valence-corrected chi connectivity index (χ4v) is 5.73. The number of nitrogens with zero attached hydrogens (tertiary/aromatic N) is 4. The van der Waals surface area contributed by atoms with Crippen LogP contribution in [0.4, 0.5) is 5.95 Å². The number of carbonyl (C=O) groups excluding carboxylic acids is 1. The highest BCUT2D eigenvalue weighted by atomic mass is 16.5. The number of piperidine rings is 1. The molecule has 2 aliphatic heterocycles. The van der Waals surface area contributed by atoms with Crippen LogP contribution in [0.5, 0.6) is 5.75 Å². The molecule has 0 unspecified atom stereocenters. The number of carbonyl (C=O) groups is 1. The maximum atomic E-state index is 12.4. The molecule has 2 aliphatic rings. The summed E-state index contributed by atoms with van der Waals surface area (Å²) in [5, 5.41) is 0. The standard InChI is InChI=1S/C30H44N4O2/c1-5-23-19-31-29(32-20-23)33-15-13-26(14-16-33)25(6-2)8-7-17-36-27-11-9-24(10-12-27)18-28(35)34-21-30(3,4)22-34/h9-12,19-20,25-26H,5-8,13-18,21-22H2,1-4H3/t25-/m0/s1. The predicted octanol–water partition coefficient (Wildman–Crippen LogP) is 5.55. The van der Waals surface area contributed by atoms with Crippen LogP contribution in [0.3, 0.4) is 0 Å². The fraction of sp³-hybridized carbons (Fsp3) is 0.633. The molecule has 0 saturated carbocycles. The first-order valence-corrected chi connectivity index (χ1v) is 13.9. The molecule has 1 aromatic heterocycles. The normalized spacial score (nSPS) is 18.6. The molecule has 6 heteroatoms. The number of benzene rings is 1. The van der Waals surface area contributed by atoms with Gasteiger partial charge >= 0.3 is 0 Å². The number of ether oxygens (including phenoxy) is 1. The lowest BCUT2D eigenvalue weighted by Gasteiger charge is -2.45. The minimum absolute atomic E-state index is 0.223. The van der Waals surface area contributed by atoms with Gasteiger partial charge in [-0.1, -0.05) is 46.2 Å². The second kappa shape index (κ2) is 12.1. The molecule has 0 N–H and O–H groups in total. The van der Waals surface area contributed by atoms with Gasteiger partial charge in [-0.25, -0.2) is 9.97 Å². The van der Waals surface area contributed by atoms with Crippen molar-refractivity contribution in [3.8, 4) is 5.75 Å². The molecule has 2 saturated heterocycles. The second-order valence-corrected chi connectivity index (χ2v) is 11.5. The minimum Gasteiger partial charge on any atom is -0.494 e.